The first-order chi connectivity index (χ1) is 8.08. The molecule has 1 aromatic carbocycles. The summed E-state index contributed by atoms with van der Waals surface area (Å²) < 4.78 is 2.85. The lowest BCUT2D eigenvalue weighted by Gasteiger charge is -2.06. The van der Waals surface area contributed by atoms with Crippen LogP contribution < -0.4 is 5.73 Å². The Kier molecular flexibility index (Phi) is 4.01. The zero-order valence-electron chi connectivity index (χ0n) is 9.15. The summed E-state index contributed by atoms with van der Waals surface area (Å²) in [5.41, 5.74) is 6.69. The molecule has 2 aromatic rings. The fraction of sp³-hybridized carbons (Fsp3) is 0.182. The second-order valence-corrected chi connectivity index (χ2v) is 5.85. The van der Waals surface area contributed by atoms with Crippen LogP contribution >= 0.6 is 39.3 Å². The van der Waals surface area contributed by atoms with Crippen LogP contribution in [0.15, 0.2) is 33.8 Å². The molecule has 1 heterocycles. The van der Waals surface area contributed by atoms with Crippen LogP contribution in [0.1, 0.15) is 5.82 Å². The molecule has 2 rings (SSSR count). The Morgan fingerprint density at radius 1 is 1.53 bits per heavy atom. The number of hydrogen-bond donors (Lipinski definition) is 1. The van der Waals surface area contributed by atoms with E-state index in [0.717, 1.165) is 26.6 Å². The van der Waals surface area contributed by atoms with Crippen LogP contribution in [0.2, 0.25) is 5.15 Å². The lowest BCUT2D eigenvalue weighted by atomic mass is 10.3. The predicted octanol–water partition coefficient (Wildman–Crippen LogP) is 3.71. The molecule has 0 saturated heterocycles. The van der Waals surface area contributed by atoms with Gasteiger partial charge in [-0.2, -0.15) is 0 Å². The van der Waals surface area contributed by atoms with Crippen molar-refractivity contribution in [2.75, 3.05) is 5.73 Å². The van der Waals surface area contributed by atoms with Crippen molar-refractivity contribution in [1.29, 1.82) is 0 Å². The van der Waals surface area contributed by atoms with E-state index >= 15 is 0 Å². The second-order valence-electron chi connectivity index (χ2n) is 3.53. The van der Waals surface area contributed by atoms with E-state index in [9.17, 15) is 0 Å². The third-order valence-electron chi connectivity index (χ3n) is 2.36. The van der Waals surface area contributed by atoms with Crippen molar-refractivity contribution >= 4 is 45.0 Å². The SMILES string of the molecule is Cn1c(Cl)cnc1CSc1ccc(Br)cc1N. The first kappa shape index (κ1) is 12.8. The minimum Gasteiger partial charge on any atom is -0.398 e. The van der Waals surface area contributed by atoms with Crippen molar-refractivity contribution in [2.24, 2.45) is 7.05 Å². The maximum Gasteiger partial charge on any atom is 0.128 e. The van der Waals surface area contributed by atoms with E-state index in [0.29, 0.717) is 5.15 Å². The van der Waals surface area contributed by atoms with Gasteiger partial charge in [0.05, 0.1) is 11.9 Å². The van der Waals surface area contributed by atoms with Gasteiger partial charge in [-0.3, -0.25) is 0 Å². The van der Waals surface area contributed by atoms with Gasteiger partial charge in [0.1, 0.15) is 11.0 Å². The summed E-state index contributed by atoms with van der Waals surface area (Å²) in [5, 5.41) is 0.643. The van der Waals surface area contributed by atoms with E-state index in [1.54, 1.807) is 18.0 Å². The van der Waals surface area contributed by atoms with Gasteiger partial charge in [-0.1, -0.05) is 27.5 Å². The van der Waals surface area contributed by atoms with Gasteiger partial charge in [0.25, 0.3) is 0 Å². The predicted molar refractivity (Wildman–Crippen MR) is 76.3 cm³/mol. The molecule has 0 radical (unpaired) electrons. The van der Waals surface area contributed by atoms with Crippen LogP contribution in [-0.2, 0) is 12.8 Å². The van der Waals surface area contributed by atoms with Gasteiger partial charge >= 0.3 is 0 Å². The quantitative estimate of drug-likeness (QED) is 0.688. The third-order valence-corrected chi connectivity index (χ3v) is 4.29. The zero-order valence-corrected chi connectivity index (χ0v) is 12.3. The topological polar surface area (TPSA) is 43.8 Å². The smallest absolute Gasteiger partial charge is 0.128 e. The van der Waals surface area contributed by atoms with Crippen LogP contribution in [0.5, 0.6) is 0 Å². The fourth-order valence-corrected chi connectivity index (χ4v) is 2.82. The Hall–Kier alpha value is -0.650. The van der Waals surface area contributed by atoms with Gasteiger partial charge in [0, 0.05) is 22.1 Å². The molecule has 0 aliphatic carbocycles. The maximum atomic E-state index is 5.92. The average molecular weight is 333 g/mol. The molecular weight excluding hydrogens is 322 g/mol. The number of benzene rings is 1. The number of hydrogen-bond acceptors (Lipinski definition) is 3. The van der Waals surface area contributed by atoms with Gasteiger partial charge in [-0.05, 0) is 18.2 Å². The number of halogens is 2. The molecule has 0 aliphatic rings. The normalized spacial score (nSPS) is 10.8. The highest BCUT2D eigenvalue weighted by Crippen LogP contribution is 2.30. The maximum absolute atomic E-state index is 5.92. The van der Waals surface area contributed by atoms with Gasteiger partial charge in [0.15, 0.2) is 0 Å². The highest BCUT2D eigenvalue weighted by Gasteiger charge is 2.06. The number of anilines is 1. The molecule has 0 amide bonds. The van der Waals surface area contributed by atoms with Crippen molar-refractivity contribution < 1.29 is 0 Å². The highest BCUT2D eigenvalue weighted by atomic mass is 79.9. The van der Waals surface area contributed by atoms with Crippen molar-refractivity contribution in [3.05, 3.63) is 39.8 Å². The van der Waals surface area contributed by atoms with Crippen molar-refractivity contribution in [1.82, 2.24) is 9.55 Å². The molecule has 1 aromatic heterocycles. The Morgan fingerprint density at radius 3 is 2.88 bits per heavy atom. The third kappa shape index (κ3) is 2.97. The summed E-state index contributed by atoms with van der Waals surface area (Å²) in [7, 11) is 1.90. The molecule has 0 saturated carbocycles. The Morgan fingerprint density at radius 2 is 2.29 bits per heavy atom. The van der Waals surface area contributed by atoms with E-state index in [2.05, 4.69) is 20.9 Å². The van der Waals surface area contributed by atoms with Crippen LogP contribution in [0.3, 0.4) is 0 Å². The standard InChI is InChI=1S/C11H11BrClN3S/c1-16-10(13)5-15-11(16)6-17-9-3-2-7(12)4-8(9)14/h2-5H,6,14H2,1H3. The molecular formula is C11H11BrClN3S. The van der Waals surface area contributed by atoms with Crippen LogP contribution in [0.4, 0.5) is 5.69 Å². The molecule has 17 heavy (non-hydrogen) atoms. The van der Waals surface area contributed by atoms with Crippen LogP contribution in [-0.4, -0.2) is 9.55 Å². The summed E-state index contributed by atoms with van der Waals surface area (Å²) in [6.45, 7) is 0. The summed E-state index contributed by atoms with van der Waals surface area (Å²) in [5.74, 6) is 1.68. The number of thioether (sulfide) groups is 1. The van der Waals surface area contributed by atoms with Crippen molar-refractivity contribution in [3.63, 3.8) is 0 Å². The van der Waals surface area contributed by atoms with Crippen LogP contribution in [0.25, 0.3) is 0 Å². The lowest BCUT2D eigenvalue weighted by molar-refractivity contribution is 0.850. The first-order valence-electron chi connectivity index (χ1n) is 4.92. The van der Waals surface area contributed by atoms with Crippen LogP contribution in [0, 0.1) is 0 Å². The van der Waals surface area contributed by atoms with E-state index in [1.165, 1.54) is 0 Å². The number of imidazole rings is 1. The molecule has 2 N–H and O–H groups in total. The summed E-state index contributed by atoms with van der Waals surface area (Å²) in [4.78, 5) is 5.29. The minimum atomic E-state index is 0.643. The first-order valence-corrected chi connectivity index (χ1v) is 7.07. The van der Waals surface area contributed by atoms with E-state index in [4.69, 9.17) is 17.3 Å². The molecule has 0 spiro atoms. The largest absolute Gasteiger partial charge is 0.398 e. The van der Waals surface area contributed by atoms with Crippen molar-refractivity contribution in [2.45, 2.75) is 10.6 Å². The number of rotatable bonds is 3. The Balaban J connectivity index is 2.10. The molecule has 0 aliphatic heterocycles. The molecule has 0 unspecified atom stereocenters. The van der Waals surface area contributed by atoms with E-state index in [1.807, 2.05) is 29.8 Å². The fourth-order valence-electron chi connectivity index (χ4n) is 1.35. The Bertz CT molecular complexity index is 542. The highest BCUT2D eigenvalue weighted by molar-refractivity contribution is 9.10. The number of nitrogens with two attached hydrogens (primary N) is 1. The molecule has 90 valence electrons. The van der Waals surface area contributed by atoms with Gasteiger partial charge in [0.2, 0.25) is 0 Å². The van der Waals surface area contributed by atoms with Gasteiger partial charge in [-0.25, -0.2) is 4.98 Å². The summed E-state index contributed by atoms with van der Waals surface area (Å²) in [6, 6.07) is 5.87. The van der Waals surface area contributed by atoms with E-state index < -0.39 is 0 Å². The molecule has 3 nitrogen and oxygen atoms in total. The summed E-state index contributed by atoms with van der Waals surface area (Å²) in [6.07, 6.45) is 1.66. The van der Waals surface area contributed by atoms with Gasteiger partial charge < -0.3 is 10.3 Å². The number of nitrogen functional groups attached to an aromatic ring is 1. The summed E-state index contributed by atoms with van der Waals surface area (Å²) >= 11 is 11.0. The second kappa shape index (κ2) is 5.33. The number of nitrogens with zero attached hydrogens (tertiary/aromatic N) is 2. The minimum absolute atomic E-state index is 0.643. The van der Waals surface area contributed by atoms with E-state index in [-0.39, 0.29) is 0 Å². The molecule has 0 bridgehead atoms. The average Bonchev–Trinajstić information content (AvgIpc) is 2.59. The van der Waals surface area contributed by atoms with Gasteiger partial charge in [-0.15, -0.1) is 11.8 Å². The van der Waals surface area contributed by atoms with Crippen molar-refractivity contribution in [3.8, 4) is 0 Å². The monoisotopic (exact) mass is 331 g/mol. The molecule has 0 atom stereocenters. The zero-order chi connectivity index (χ0) is 12.4. The molecule has 0 fully saturated rings. The number of aromatic nitrogens is 2. The lowest BCUT2D eigenvalue weighted by Crippen LogP contribution is -1.96. The Labute approximate surface area is 117 Å². The molecule has 6 heteroatoms.